The normalized spacial score (nSPS) is 24.4. The molecule has 0 bridgehead atoms. The zero-order valence-electron chi connectivity index (χ0n) is 17.6. The average Bonchev–Trinajstić information content (AvgIpc) is 3.44. The van der Waals surface area contributed by atoms with E-state index in [0.717, 1.165) is 75.2 Å². The Morgan fingerprint density at radius 2 is 1.87 bits per heavy atom. The first-order chi connectivity index (χ1) is 14.7. The van der Waals surface area contributed by atoms with Gasteiger partial charge in [-0.25, -0.2) is 4.98 Å². The Bertz CT molecular complexity index is 860. The highest BCUT2D eigenvalue weighted by molar-refractivity contribution is 7.19. The van der Waals surface area contributed by atoms with Crippen molar-refractivity contribution >= 4 is 39.0 Å². The molecule has 3 aliphatic heterocycles. The summed E-state index contributed by atoms with van der Waals surface area (Å²) in [6.07, 6.45) is 3.62. The van der Waals surface area contributed by atoms with Crippen LogP contribution in [0.3, 0.4) is 0 Å². The van der Waals surface area contributed by atoms with Gasteiger partial charge in [-0.1, -0.05) is 0 Å². The van der Waals surface area contributed by atoms with Crippen LogP contribution in [0.2, 0.25) is 5.28 Å². The number of thiophene rings is 1. The fourth-order valence-electron chi connectivity index (χ4n) is 4.85. The molecule has 0 saturated carbocycles. The molecule has 3 fully saturated rings. The van der Waals surface area contributed by atoms with Crippen LogP contribution < -0.4 is 4.90 Å². The summed E-state index contributed by atoms with van der Waals surface area (Å²) in [5.41, 5.74) is 0.965. The Kier molecular flexibility index (Phi) is 6.41. The monoisotopic (exact) mass is 451 g/mol. The van der Waals surface area contributed by atoms with Gasteiger partial charge < -0.3 is 14.4 Å². The molecule has 1 unspecified atom stereocenters. The van der Waals surface area contributed by atoms with Gasteiger partial charge in [0.15, 0.2) is 5.82 Å². The second-order valence-corrected chi connectivity index (χ2v) is 10.0. The second-order valence-electron chi connectivity index (χ2n) is 8.53. The summed E-state index contributed by atoms with van der Waals surface area (Å²) in [6, 6.07) is 3.48. The predicted molar refractivity (Wildman–Crippen MR) is 121 cm³/mol. The number of piperidine rings is 1. The molecule has 2 aromatic heterocycles. The van der Waals surface area contributed by atoms with Gasteiger partial charge in [0.2, 0.25) is 5.28 Å². The minimum atomic E-state index is 0.327. The topological polar surface area (TPSA) is 54.0 Å². The quantitative estimate of drug-likeness (QED) is 0.648. The van der Waals surface area contributed by atoms with Crippen LogP contribution in [0.1, 0.15) is 24.1 Å². The molecule has 7 nitrogen and oxygen atoms in total. The molecular weight excluding hydrogens is 422 g/mol. The van der Waals surface area contributed by atoms with Crippen molar-refractivity contribution in [1.82, 2.24) is 19.8 Å². The highest BCUT2D eigenvalue weighted by Gasteiger charge is 2.29. The third kappa shape index (κ3) is 4.45. The van der Waals surface area contributed by atoms with Crippen LogP contribution >= 0.6 is 22.9 Å². The number of rotatable bonds is 5. The molecular formula is C21H30ClN5O2S. The van der Waals surface area contributed by atoms with Gasteiger partial charge in [-0.2, -0.15) is 4.98 Å². The number of morpholine rings is 1. The van der Waals surface area contributed by atoms with Crippen molar-refractivity contribution in [2.75, 3.05) is 64.6 Å². The Morgan fingerprint density at radius 1 is 1.07 bits per heavy atom. The van der Waals surface area contributed by atoms with E-state index in [1.807, 2.05) is 11.3 Å². The zero-order valence-corrected chi connectivity index (χ0v) is 19.1. The number of hydrogen-bond acceptors (Lipinski definition) is 8. The number of likely N-dealkylation sites (N-methyl/N-ethyl adjacent to an activating group) is 1. The maximum absolute atomic E-state index is 6.24. The van der Waals surface area contributed by atoms with E-state index in [1.54, 1.807) is 0 Å². The lowest BCUT2D eigenvalue weighted by molar-refractivity contribution is 0.0834. The molecule has 5 heterocycles. The summed E-state index contributed by atoms with van der Waals surface area (Å²) >= 11 is 8.06. The summed E-state index contributed by atoms with van der Waals surface area (Å²) in [6.45, 7) is 8.23. The predicted octanol–water partition coefficient (Wildman–Crippen LogP) is 2.87. The van der Waals surface area contributed by atoms with Crippen molar-refractivity contribution in [3.8, 4) is 0 Å². The molecule has 0 spiro atoms. The molecule has 0 aliphatic carbocycles. The van der Waals surface area contributed by atoms with Crippen LogP contribution in [0, 0.1) is 0 Å². The van der Waals surface area contributed by atoms with Gasteiger partial charge >= 0.3 is 0 Å². The fraction of sp³-hybridized carbons (Fsp3) is 0.714. The van der Waals surface area contributed by atoms with Crippen molar-refractivity contribution in [3.63, 3.8) is 0 Å². The van der Waals surface area contributed by atoms with Crippen molar-refractivity contribution in [1.29, 1.82) is 0 Å². The lowest BCUT2D eigenvalue weighted by atomic mass is 10.0. The van der Waals surface area contributed by atoms with Crippen LogP contribution in [-0.4, -0.2) is 91.5 Å². The zero-order chi connectivity index (χ0) is 20.5. The third-order valence-electron chi connectivity index (χ3n) is 6.68. The van der Waals surface area contributed by atoms with Gasteiger partial charge in [-0.3, -0.25) is 9.80 Å². The number of aromatic nitrogens is 2. The maximum atomic E-state index is 6.24. The third-order valence-corrected chi connectivity index (χ3v) is 7.96. The standard InChI is InChI=1S/C21H30ClN5O2S/c1-25(16-4-9-29-14-16)15-2-5-26(6-3-15)13-17-12-18-19(30-17)20(24-21(22)23-18)27-7-10-28-11-8-27/h12,15-16H,2-11,13-14H2,1H3. The molecule has 0 aromatic carbocycles. The smallest absolute Gasteiger partial charge is 0.224 e. The van der Waals surface area contributed by atoms with Crippen LogP contribution in [0.25, 0.3) is 10.2 Å². The first kappa shape index (κ1) is 20.8. The summed E-state index contributed by atoms with van der Waals surface area (Å²) in [7, 11) is 2.28. The molecule has 30 heavy (non-hydrogen) atoms. The van der Waals surface area contributed by atoms with Crippen molar-refractivity contribution < 1.29 is 9.47 Å². The van der Waals surface area contributed by atoms with Crippen molar-refractivity contribution in [3.05, 3.63) is 16.2 Å². The van der Waals surface area contributed by atoms with Crippen LogP contribution in [0.5, 0.6) is 0 Å². The number of likely N-dealkylation sites (tertiary alicyclic amines) is 1. The molecule has 164 valence electrons. The van der Waals surface area contributed by atoms with Gasteiger partial charge in [-0.15, -0.1) is 11.3 Å². The van der Waals surface area contributed by atoms with Gasteiger partial charge in [-0.05, 0) is 44.0 Å². The number of halogens is 1. The molecule has 2 aromatic rings. The van der Waals surface area contributed by atoms with Gasteiger partial charge in [0.05, 0.1) is 30.0 Å². The average molecular weight is 452 g/mol. The molecule has 5 rings (SSSR count). The van der Waals surface area contributed by atoms with Gasteiger partial charge in [0, 0.05) is 56.3 Å². The maximum Gasteiger partial charge on any atom is 0.224 e. The lowest BCUT2D eigenvalue weighted by Crippen LogP contribution is -2.47. The molecule has 0 N–H and O–H groups in total. The summed E-state index contributed by atoms with van der Waals surface area (Å²) in [4.78, 5) is 17.8. The lowest BCUT2D eigenvalue weighted by Gasteiger charge is -2.38. The minimum absolute atomic E-state index is 0.327. The number of ether oxygens (including phenoxy) is 2. The van der Waals surface area contributed by atoms with E-state index in [4.69, 9.17) is 21.1 Å². The highest BCUT2D eigenvalue weighted by Crippen LogP contribution is 2.34. The summed E-state index contributed by atoms with van der Waals surface area (Å²) in [5.74, 6) is 0.962. The molecule has 0 amide bonds. The van der Waals surface area contributed by atoms with E-state index in [1.165, 1.54) is 24.1 Å². The van der Waals surface area contributed by atoms with E-state index in [0.29, 0.717) is 17.4 Å². The Labute approximate surface area is 186 Å². The first-order valence-corrected chi connectivity index (χ1v) is 12.2. The fourth-order valence-corrected chi connectivity index (χ4v) is 6.18. The van der Waals surface area contributed by atoms with Gasteiger partial charge in [0.25, 0.3) is 0 Å². The van der Waals surface area contributed by atoms with Crippen molar-refractivity contribution in [2.45, 2.75) is 37.9 Å². The van der Waals surface area contributed by atoms with Crippen LogP contribution in [-0.2, 0) is 16.0 Å². The highest BCUT2D eigenvalue weighted by atomic mass is 35.5. The second kappa shape index (κ2) is 9.22. The van der Waals surface area contributed by atoms with Crippen molar-refractivity contribution in [2.24, 2.45) is 0 Å². The van der Waals surface area contributed by atoms with E-state index >= 15 is 0 Å². The number of hydrogen-bond donors (Lipinski definition) is 0. The Morgan fingerprint density at radius 3 is 2.60 bits per heavy atom. The number of anilines is 1. The van der Waals surface area contributed by atoms with Gasteiger partial charge in [0.1, 0.15) is 0 Å². The Balaban J connectivity index is 1.25. The molecule has 3 aliphatic rings. The molecule has 1 atom stereocenters. The van der Waals surface area contributed by atoms with E-state index in [9.17, 15) is 0 Å². The summed E-state index contributed by atoms with van der Waals surface area (Å²) < 4.78 is 12.2. The molecule has 0 radical (unpaired) electrons. The molecule has 9 heteroatoms. The van der Waals surface area contributed by atoms with E-state index < -0.39 is 0 Å². The largest absolute Gasteiger partial charge is 0.380 e. The van der Waals surface area contributed by atoms with E-state index in [2.05, 4.69) is 37.8 Å². The number of fused-ring (bicyclic) bond motifs is 1. The number of nitrogens with zero attached hydrogens (tertiary/aromatic N) is 5. The minimum Gasteiger partial charge on any atom is -0.380 e. The Hall–Kier alpha value is -1.03. The summed E-state index contributed by atoms with van der Waals surface area (Å²) in [5, 5.41) is 0.327. The first-order valence-electron chi connectivity index (χ1n) is 11.0. The van der Waals surface area contributed by atoms with Crippen LogP contribution in [0.15, 0.2) is 6.07 Å². The van der Waals surface area contributed by atoms with E-state index in [-0.39, 0.29) is 0 Å². The van der Waals surface area contributed by atoms with Crippen LogP contribution in [0.4, 0.5) is 5.82 Å². The molecule has 3 saturated heterocycles. The SMILES string of the molecule is CN(C1CCN(Cc2cc3nc(Cl)nc(N4CCOCC4)c3s2)CC1)C1CCOC1.